The van der Waals surface area contributed by atoms with E-state index in [9.17, 15) is 4.79 Å². The molecule has 0 aliphatic heterocycles. The van der Waals surface area contributed by atoms with Crippen LogP contribution in [0.5, 0.6) is 5.75 Å². The fraction of sp³-hybridized carbons (Fsp3) is 0.316. The van der Waals surface area contributed by atoms with Crippen molar-refractivity contribution in [1.29, 1.82) is 0 Å². The standard InChI is InChI=1S/C19H21Cl2NO2/c1-2-18(24-17-11-9-16(21)10-12-17)19(23)22-13-3-4-14-5-7-15(20)8-6-14/h5-12,18H,2-4,13H2,1H3,(H,22,23)/t18-/m1/s1. The van der Waals surface area contributed by atoms with Crippen LogP contribution in [0, 0.1) is 0 Å². The summed E-state index contributed by atoms with van der Waals surface area (Å²) in [4.78, 5) is 12.2. The van der Waals surface area contributed by atoms with E-state index in [1.165, 1.54) is 5.56 Å². The van der Waals surface area contributed by atoms with Gasteiger partial charge in [-0.3, -0.25) is 4.79 Å². The van der Waals surface area contributed by atoms with Gasteiger partial charge in [0.15, 0.2) is 6.10 Å². The van der Waals surface area contributed by atoms with Crippen LogP contribution in [0.3, 0.4) is 0 Å². The Bertz CT molecular complexity index is 641. The molecule has 2 aromatic carbocycles. The summed E-state index contributed by atoms with van der Waals surface area (Å²) >= 11 is 11.7. The summed E-state index contributed by atoms with van der Waals surface area (Å²) in [5, 5.41) is 4.31. The van der Waals surface area contributed by atoms with Crippen molar-refractivity contribution in [2.45, 2.75) is 32.3 Å². The summed E-state index contributed by atoms with van der Waals surface area (Å²) in [7, 11) is 0. The van der Waals surface area contributed by atoms with Crippen molar-refractivity contribution >= 4 is 29.1 Å². The number of nitrogens with one attached hydrogen (secondary N) is 1. The molecule has 0 saturated heterocycles. The molecule has 0 aliphatic rings. The van der Waals surface area contributed by atoms with Gasteiger partial charge in [0.05, 0.1) is 0 Å². The Kier molecular flexibility index (Phi) is 7.41. The summed E-state index contributed by atoms with van der Waals surface area (Å²) in [5.74, 6) is 0.547. The third-order valence-electron chi connectivity index (χ3n) is 3.61. The molecule has 1 N–H and O–H groups in total. The molecule has 0 aliphatic carbocycles. The van der Waals surface area contributed by atoms with Crippen molar-refractivity contribution in [3.05, 3.63) is 64.1 Å². The predicted molar refractivity (Wildman–Crippen MR) is 98.9 cm³/mol. The second kappa shape index (κ2) is 9.55. The maximum absolute atomic E-state index is 12.2. The van der Waals surface area contributed by atoms with E-state index in [4.69, 9.17) is 27.9 Å². The highest BCUT2D eigenvalue weighted by Gasteiger charge is 2.17. The second-order valence-electron chi connectivity index (χ2n) is 5.49. The van der Waals surface area contributed by atoms with Gasteiger partial charge in [-0.05, 0) is 61.2 Å². The van der Waals surface area contributed by atoms with Crippen LogP contribution in [0.4, 0.5) is 0 Å². The first kappa shape index (κ1) is 18.6. The van der Waals surface area contributed by atoms with E-state index < -0.39 is 6.10 Å². The lowest BCUT2D eigenvalue weighted by Crippen LogP contribution is -2.38. The SMILES string of the molecule is CC[C@@H](Oc1ccc(Cl)cc1)C(=O)NCCCc1ccc(Cl)cc1. The lowest BCUT2D eigenvalue weighted by molar-refractivity contribution is -0.128. The molecule has 24 heavy (non-hydrogen) atoms. The molecular weight excluding hydrogens is 345 g/mol. The Morgan fingerprint density at radius 3 is 2.21 bits per heavy atom. The molecule has 0 spiro atoms. The van der Waals surface area contributed by atoms with Crippen molar-refractivity contribution in [3.63, 3.8) is 0 Å². The van der Waals surface area contributed by atoms with Gasteiger partial charge in [0.1, 0.15) is 5.75 Å². The summed E-state index contributed by atoms with van der Waals surface area (Å²) in [6.07, 6.45) is 1.87. The molecule has 0 aromatic heterocycles. The highest BCUT2D eigenvalue weighted by Crippen LogP contribution is 2.17. The van der Waals surface area contributed by atoms with E-state index in [-0.39, 0.29) is 5.91 Å². The molecule has 0 saturated carbocycles. The number of carbonyl (C=O) groups is 1. The molecule has 1 amide bonds. The van der Waals surface area contributed by atoms with Gasteiger partial charge in [0, 0.05) is 16.6 Å². The number of rotatable bonds is 8. The molecule has 5 heteroatoms. The minimum atomic E-state index is -0.498. The minimum absolute atomic E-state index is 0.0939. The fourth-order valence-electron chi connectivity index (χ4n) is 2.27. The Balaban J connectivity index is 1.75. The lowest BCUT2D eigenvalue weighted by Gasteiger charge is -2.17. The van der Waals surface area contributed by atoms with Gasteiger partial charge in [-0.25, -0.2) is 0 Å². The average Bonchev–Trinajstić information content (AvgIpc) is 2.59. The maximum Gasteiger partial charge on any atom is 0.261 e. The smallest absolute Gasteiger partial charge is 0.261 e. The Hall–Kier alpha value is -1.71. The molecule has 3 nitrogen and oxygen atoms in total. The zero-order valence-electron chi connectivity index (χ0n) is 13.6. The van der Waals surface area contributed by atoms with Crippen LogP contribution >= 0.6 is 23.2 Å². The first-order chi connectivity index (χ1) is 11.6. The van der Waals surface area contributed by atoms with E-state index in [1.54, 1.807) is 24.3 Å². The van der Waals surface area contributed by atoms with Gasteiger partial charge in [-0.15, -0.1) is 0 Å². The molecule has 0 bridgehead atoms. The monoisotopic (exact) mass is 365 g/mol. The summed E-state index contributed by atoms with van der Waals surface area (Å²) < 4.78 is 5.72. The van der Waals surface area contributed by atoms with Gasteiger partial charge in [-0.2, -0.15) is 0 Å². The number of ether oxygens (including phenoxy) is 1. The number of hydrogen-bond acceptors (Lipinski definition) is 2. The van der Waals surface area contributed by atoms with E-state index >= 15 is 0 Å². The topological polar surface area (TPSA) is 38.3 Å². The summed E-state index contributed by atoms with van der Waals surface area (Å²) in [6.45, 7) is 2.54. The molecule has 1 atom stereocenters. The molecule has 0 radical (unpaired) electrons. The van der Waals surface area contributed by atoms with Crippen molar-refractivity contribution in [2.24, 2.45) is 0 Å². The van der Waals surface area contributed by atoms with Gasteiger partial charge in [0.25, 0.3) is 5.91 Å². The quantitative estimate of drug-likeness (QED) is 0.675. The fourth-order valence-corrected chi connectivity index (χ4v) is 2.52. The first-order valence-electron chi connectivity index (χ1n) is 8.03. The van der Waals surface area contributed by atoms with E-state index in [0.717, 1.165) is 17.9 Å². The average molecular weight is 366 g/mol. The van der Waals surface area contributed by atoms with Crippen LogP contribution in [0.1, 0.15) is 25.3 Å². The van der Waals surface area contributed by atoms with Crippen LogP contribution in [0.2, 0.25) is 10.0 Å². The molecule has 0 unspecified atom stereocenters. The van der Waals surface area contributed by atoms with Crippen molar-refractivity contribution in [1.82, 2.24) is 5.32 Å². The number of carbonyl (C=O) groups excluding carboxylic acids is 1. The van der Waals surface area contributed by atoms with Crippen LogP contribution in [-0.4, -0.2) is 18.6 Å². The van der Waals surface area contributed by atoms with Crippen LogP contribution in [-0.2, 0) is 11.2 Å². The summed E-state index contributed by atoms with van der Waals surface area (Å²) in [6, 6.07) is 14.8. The van der Waals surface area contributed by atoms with Crippen LogP contribution in [0.25, 0.3) is 0 Å². The van der Waals surface area contributed by atoms with Crippen LogP contribution < -0.4 is 10.1 Å². The number of amides is 1. The Morgan fingerprint density at radius 1 is 1.04 bits per heavy atom. The van der Waals surface area contributed by atoms with Gasteiger partial charge in [0.2, 0.25) is 0 Å². The Morgan fingerprint density at radius 2 is 1.62 bits per heavy atom. The van der Waals surface area contributed by atoms with Gasteiger partial charge < -0.3 is 10.1 Å². The van der Waals surface area contributed by atoms with E-state index in [2.05, 4.69) is 5.32 Å². The molecule has 2 rings (SSSR count). The zero-order chi connectivity index (χ0) is 17.4. The third kappa shape index (κ3) is 6.06. The van der Waals surface area contributed by atoms with E-state index in [0.29, 0.717) is 23.7 Å². The maximum atomic E-state index is 12.2. The van der Waals surface area contributed by atoms with Crippen LogP contribution in [0.15, 0.2) is 48.5 Å². The first-order valence-corrected chi connectivity index (χ1v) is 8.78. The molecule has 0 heterocycles. The van der Waals surface area contributed by atoms with E-state index in [1.807, 2.05) is 31.2 Å². The van der Waals surface area contributed by atoms with Crippen molar-refractivity contribution in [3.8, 4) is 5.75 Å². The minimum Gasteiger partial charge on any atom is -0.481 e. The number of hydrogen-bond donors (Lipinski definition) is 1. The number of aryl methyl sites for hydroxylation is 1. The predicted octanol–water partition coefficient (Wildman–Crippen LogP) is 4.90. The number of halogens is 2. The Labute approximate surface area is 152 Å². The molecular formula is C19H21Cl2NO2. The summed E-state index contributed by atoms with van der Waals surface area (Å²) in [5.41, 5.74) is 1.21. The normalized spacial score (nSPS) is 11.8. The number of benzene rings is 2. The van der Waals surface area contributed by atoms with Gasteiger partial charge >= 0.3 is 0 Å². The van der Waals surface area contributed by atoms with Crippen molar-refractivity contribution in [2.75, 3.05) is 6.54 Å². The zero-order valence-corrected chi connectivity index (χ0v) is 15.1. The molecule has 2 aromatic rings. The third-order valence-corrected chi connectivity index (χ3v) is 4.11. The van der Waals surface area contributed by atoms with Gasteiger partial charge in [-0.1, -0.05) is 42.3 Å². The lowest BCUT2D eigenvalue weighted by atomic mass is 10.1. The largest absolute Gasteiger partial charge is 0.481 e. The second-order valence-corrected chi connectivity index (χ2v) is 6.36. The highest BCUT2D eigenvalue weighted by molar-refractivity contribution is 6.30. The highest BCUT2D eigenvalue weighted by atomic mass is 35.5. The molecule has 0 fully saturated rings. The molecule has 128 valence electrons. The van der Waals surface area contributed by atoms with Crippen molar-refractivity contribution < 1.29 is 9.53 Å².